The molecule has 2 amide bonds. The minimum Gasteiger partial charge on any atom is -0.469 e. The van der Waals surface area contributed by atoms with Crippen LogP contribution in [0.25, 0.3) is 0 Å². The third-order valence-corrected chi connectivity index (χ3v) is 2.85. The summed E-state index contributed by atoms with van der Waals surface area (Å²) in [5, 5.41) is 2.72. The molecule has 0 aliphatic carbocycles. The lowest BCUT2D eigenvalue weighted by atomic mass is 10.1. The van der Waals surface area contributed by atoms with E-state index >= 15 is 0 Å². The summed E-state index contributed by atoms with van der Waals surface area (Å²) in [6, 6.07) is 1.22. The predicted molar refractivity (Wildman–Crippen MR) is 57.0 cm³/mol. The van der Waals surface area contributed by atoms with Crippen LogP contribution in [-0.4, -0.2) is 35.8 Å². The number of hydrogen-bond acceptors (Lipinski definition) is 3. The average molecular weight is 222 g/mol. The fraction of sp³-hybridized carbons (Fsp3) is 0.455. The molecule has 16 heavy (non-hydrogen) atoms. The van der Waals surface area contributed by atoms with Crippen LogP contribution in [0.1, 0.15) is 23.0 Å². The van der Waals surface area contributed by atoms with Gasteiger partial charge in [0, 0.05) is 13.1 Å². The Morgan fingerprint density at radius 3 is 3.00 bits per heavy atom. The van der Waals surface area contributed by atoms with Crippen LogP contribution < -0.4 is 5.32 Å². The van der Waals surface area contributed by atoms with E-state index < -0.39 is 6.04 Å². The lowest BCUT2D eigenvalue weighted by Gasteiger charge is -2.32. The van der Waals surface area contributed by atoms with Gasteiger partial charge in [-0.15, -0.1) is 0 Å². The first kappa shape index (κ1) is 10.7. The molecule has 2 rings (SSSR count). The van der Waals surface area contributed by atoms with Gasteiger partial charge in [-0.2, -0.15) is 0 Å². The predicted octanol–water partition coefficient (Wildman–Crippen LogP) is 0.549. The van der Waals surface area contributed by atoms with Crippen LogP contribution in [0.5, 0.6) is 0 Å². The number of carbonyl (C=O) groups is 2. The van der Waals surface area contributed by atoms with E-state index in [4.69, 9.17) is 4.42 Å². The summed E-state index contributed by atoms with van der Waals surface area (Å²) in [6.45, 7) is 4.51. The van der Waals surface area contributed by atoms with Crippen molar-refractivity contribution in [3.05, 3.63) is 23.7 Å². The van der Waals surface area contributed by atoms with Gasteiger partial charge in [0.05, 0.1) is 11.8 Å². The molecule has 0 aromatic carbocycles. The Morgan fingerprint density at radius 1 is 1.62 bits per heavy atom. The number of amides is 2. The fourth-order valence-corrected chi connectivity index (χ4v) is 1.82. The molecule has 5 nitrogen and oxygen atoms in total. The maximum absolute atomic E-state index is 12.1. The Balaban J connectivity index is 2.22. The van der Waals surface area contributed by atoms with Crippen LogP contribution in [0.2, 0.25) is 0 Å². The molecule has 0 spiro atoms. The van der Waals surface area contributed by atoms with E-state index in [0.29, 0.717) is 24.4 Å². The van der Waals surface area contributed by atoms with Crippen LogP contribution in [0, 0.1) is 6.92 Å². The van der Waals surface area contributed by atoms with Gasteiger partial charge in [0.15, 0.2) is 0 Å². The van der Waals surface area contributed by atoms with E-state index in [-0.39, 0.29) is 11.8 Å². The van der Waals surface area contributed by atoms with Crippen molar-refractivity contribution in [1.29, 1.82) is 0 Å². The highest BCUT2D eigenvalue weighted by atomic mass is 16.3. The van der Waals surface area contributed by atoms with E-state index in [2.05, 4.69) is 5.32 Å². The Labute approximate surface area is 93.4 Å². The lowest BCUT2D eigenvalue weighted by Crippen LogP contribution is -2.55. The second-order valence-corrected chi connectivity index (χ2v) is 3.86. The summed E-state index contributed by atoms with van der Waals surface area (Å²) >= 11 is 0. The number of hydrogen-bond donors (Lipinski definition) is 1. The van der Waals surface area contributed by atoms with E-state index in [1.165, 1.54) is 6.26 Å². The van der Waals surface area contributed by atoms with Crippen molar-refractivity contribution >= 4 is 11.8 Å². The number of carbonyl (C=O) groups excluding carboxylic acids is 2. The monoisotopic (exact) mass is 222 g/mol. The van der Waals surface area contributed by atoms with Gasteiger partial charge in [-0.05, 0) is 19.9 Å². The third-order valence-electron chi connectivity index (χ3n) is 2.85. The molecule has 0 saturated carbocycles. The standard InChI is InChI=1S/C11H14N2O3/c1-7-10(14)12-4-5-13(7)11(15)9-3-6-16-8(9)2/h3,6-7H,4-5H2,1-2H3,(H,12,14). The van der Waals surface area contributed by atoms with Crippen LogP contribution >= 0.6 is 0 Å². The quantitative estimate of drug-likeness (QED) is 0.754. The molecule has 1 aliphatic rings. The topological polar surface area (TPSA) is 62.6 Å². The van der Waals surface area contributed by atoms with Crippen molar-refractivity contribution in [2.75, 3.05) is 13.1 Å². The van der Waals surface area contributed by atoms with E-state index in [1.807, 2.05) is 0 Å². The molecule has 1 fully saturated rings. The van der Waals surface area contributed by atoms with Crippen molar-refractivity contribution in [2.45, 2.75) is 19.9 Å². The minimum absolute atomic E-state index is 0.110. The van der Waals surface area contributed by atoms with Crippen molar-refractivity contribution in [3.63, 3.8) is 0 Å². The maximum atomic E-state index is 12.1. The molecule has 0 bridgehead atoms. The third kappa shape index (κ3) is 1.68. The van der Waals surface area contributed by atoms with Gasteiger partial charge >= 0.3 is 0 Å². The van der Waals surface area contributed by atoms with Crippen molar-refractivity contribution in [1.82, 2.24) is 10.2 Å². The minimum atomic E-state index is -0.421. The first-order chi connectivity index (χ1) is 7.61. The summed E-state index contributed by atoms with van der Waals surface area (Å²) < 4.78 is 5.09. The van der Waals surface area contributed by atoms with Crippen LogP contribution in [-0.2, 0) is 4.79 Å². The summed E-state index contributed by atoms with van der Waals surface area (Å²) in [5.74, 6) is 0.331. The molecule has 86 valence electrons. The molecule has 5 heteroatoms. The fourth-order valence-electron chi connectivity index (χ4n) is 1.82. The molecular weight excluding hydrogens is 208 g/mol. The van der Waals surface area contributed by atoms with E-state index in [0.717, 1.165) is 0 Å². The van der Waals surface area contributed by atoms with Gasteiger partial charge < -0.3 is 14.6 Å². The number of piperazine rings is 1. The Kier molecular flexibility index (Phi) is 2.68. The molecular formula is C11H14N2O3. The molecule has 0 radical (unpaired) electrons. The molecule has 1 aliphatic heterocycles. The summed E-state index contributed by atoms with van der Waals surface area (Å²) in [4.78, 5) is 25.1. The van der Waals surface area contributed by atoms with Crippen LogP contribution in [0.15, 0.2) is 16.7 Å². The smallest absolute Gasteiger partial charge is 0.258 e. The van der Waals surface area contributed by atoms with Crippen LogP contribution in [0.4, 0.5) is 0 Å². The lowest BCUT2D eigenvalue weighted by molar-refractivity contribution is -0.127. The highest BCUT2D eigenvalue weighted by molar-refractivity contribution is 5.98. The Hall–Kier alpha value is -1.78. The zero-order chi connectivity index (χ0) is 11.7. The van der Waals surface area contributed by atoms with Crippen molar-refractivity contribution < 1.29 is 14.0 Å². The number of furan rings is 1. The zero-order valence-electron chi connectivity index (χ0n) is 9.32. The van der Waals surface area contributed by atoms with Gasteiger partial charge in [-0.25, -0.2) is 0 Å². The van der Waals surface area contributed by atoms with Gasteiger partial charge in [-0.1, -0.05) is 0 Å². The maximum Gasteiger partial charge on any atom is 0.258 e. The molecule has 1 N–H and O–H groups in total. The van der Waals surface area contributed by atoms with Gasteiger partial charge in [0.25, 0.3) is 5.91 Å². The van der Waals surface area contributed by atoms with Crippen molar-refractivity contribution in [2.24, 2.45) is 0 Å². The number of nitrogens with zero attached hydrogens (tertiary/aromatic N) is 1. The molecule has 1 unspecified atom stereocenters. The van der Waals surface area contributed by atoms with Crippen LogP contribution in [0.3, 0.4) is 0 Å². The molecule has 1 aromatic rings. The molecule has 1 atom stereocenters. The molecule has 1 saturated heterocycles. The second-order valence-electron chi connectivity index (χ2n) is 3.86. The molecule has 2 heterocycles. The average Bonchev–Trinajstić information content (AvgIpc) is 2.68. The first-order valence-electron chi connectivity index (χ1n) is 5.24. The highest BCUT2D eigenvalue weighted by Gasteiger charge is 2.30. The highest BCUT2D eigenvalue weighted by Crippen LogP contribution is 2.15. The van der Waals surface area contributed by atoms with Crippen molar-refractivity contribution in [3.8, 4) is 0 Å². The summed E-state index contributed by atoms with van der Waals surface area (Å²) in [6.07, 6.45) is 1.48. The van der Waals surface area contributed by atoms with E-state index in [9.17, 15) is 9.59 Å². The normalized spacial score (nSPS) is 20.8. The summed E-state index contributed by atoms with van der Waals surface area (Å²) in [7, 11) is 0. The number of nitrogens with one attached hydrogen (secondary N) is 1. The largest absolute Gasteiger partial charge is 0.469 e. The van der Waals surface area contributed by atoms with E-state index in [1.54, 1.807) is 24.8 Å². The first-order valence-corrected chi connectivity index (χ1v) is 5.24. The number of rotatable bonds is 1. The Morgan fingerprint density at radius 2 is 2.38 bits per heavy atom. The number of aryl methyl sites for hydroxylation is 1. The molecule has 1 aromatic heterocycles. The Bertz CT molecular complexity index is 425. The second kappa shape index (κ2) is 4.00. The van der Waals surface area contributed by atoms with Gasteiger partial charge in [0.2, 0.25) is 5.91 Å². The van der Waals surface area contributed by atoms with Gasteiger partial charge in [-0.3, -0.25) is 9.59 Å². The zero-order valence-corrected chi connectivity index (χ0v) is 9.32. The van der Waals surface area contributed by atoms with Gasteiger partial charge in [0.1, 0.15) is 11.8 Å². The summed E-state index contributed by atoms with van der Waals surface area (Å²) in [5.41, 5.74) is 0.529. The SMILES string of the molecule is Cc1occc1C(=O)N1CCNC(=O)C1C.